The van der Waals surface area contributed by atoms with Gasteiger partial charge in [-0.3, -0.25) is 0 Å². The van der Waals surface area contributed by atoms with Crippen molar-refractivity contribution in [2.24, 2.45) is 0 Å². The van der Waals surface area contributed by atoms with Gasteiger partial charge in [-0.2, -0.15) is 0 Å². The Bertz CT molecular complexity index is 363. The maximum atomic E-state index is 10.4. The minimum atomic E-state index is 0.328. The molecule has 1 nitrogen and oxygen atoms in total. The zero-order valence-corrected chi connectivity index (χ0v) is 8.84. The highest BCUT2D eigenvalue weighted by atomic mass is 16.1. The van der Waals surface area contributed by atoms with Crippen LogP contribution in [0.4, 0.5) is 0 Å². The Hall–Kier alpha value is -1.11. The van der Waals surface area contributed by atoms with Crippen LogP contribution in [0.2, 0.25) is 0 Å². The molecule has 0 N–H and O–H groups in total. The van der Waals surface area contributed by atoms with E-state index in [1.165, 1.54) is 17.5 Å². The molecular formula is C13H16O. The van der Waals surface area contributed by atoms with Gasteiger partial charge in [0.15, 0.2) is 0 Å². The third kappa shape index (κ3) is 1.47. The van der Waals surface area contributed by atoms with Gasteiger partial charge in [0.1, 0.15) is 6.29 Å². The summed E-state index contributed by atoms with van der Waals surface area (Å²) >= 11 is 0. The van der Waals surface area contributed by atoms with E-state index >= 15 is 0 Å². The van der Waals surface area contributed by atoms with Gasteiger partial charge in [-0.1, -0.05) is 32.0 Å². The monoisotopic (exact) mass is 188 g/mol. The van der Waals surface area contributed by atoms with E-state index in [1.54, 1.807) is 0 Å². The third-order valence-electron chi connectivity index (χ3n) is 3.24. The molecule has 2 rings (SSSR count). The average Bonchev–Trinajstić information content (AvgIpc) is 2.43. The molecule has 0 bridgehead atoms. The Kier molecular flexibility index (Phi) is 2.18. The van der Waals surface area contributed by atoms with Gasteiger partial charge >= 0.3 is 0 Å². The predicted octanol–water partition coefficient (Wildman–Crippen LogP) is 2.65. The molecule has 14 heavy (non-hydrogen) atoms. The summed E-state index contributed by atoms with van der Waals surface area (Å²) in [7, 11) is 0. The molecule has 0 atom stereocenters. The van der Waals surface area contributed by atoms with Crippen LogP contribution in [0.1, 0.15) is 37.0 Å². The van der Waals surface area contributed by atoms with E-state index in [0.717, 1.165) is 18.3 Å². The summed E-state index contributed by atoms with van der Waals surface area (Å²) in [5.74, 6) is 0. The second kappa shape index (κ2) is 3.23. The van der Waals surface area contributed by atoms with E-state index < -0.39 is 0 Å². The van der Waals surface area contributed by atoms with E-state index in [-0.39, 0.29) is 0 Å². The molecule has 1 aromatic rings. The van der Waals surface area contributed by atoms with Gasteiger partial charge < -0.3 is 4.79 Å². The van der Waals surface area contributed by atoms with Crippen LogP contribution in [-0.2, 0) is 23.1 Å². The number of carbonyl (C=O) groups excluding carboxylic acids is 1. The van der Waals surface area contributed by atoms with Crippen LogP contribution in [0, 0.1) is 0 Å². The summed E-state index contributed by atoms with van der Waals surface area (Å²) in [6, 6.07) is 6.47. The topological polar surface area (TPSA) is 17.1 Å². The fourth-order valence-corrected chi connectivity index (χ4v) is 2.32. The number of hydrogen-bond donors (Lipinski definition) is 0. The van der Waals surface area contributed by atoms with Crippen LogP contribution >= 0.6 is 0 Å². The molecule has 1 aliphatic rings. The van der Waals surface area contributed by atoms with Crippen molar-refractivity contribution in [2.45, 2.75) is 38.5 Å². The fourth-order valence-electron chi connectivity index (χ4n) is 2.32. The SMILES string of the molecule is CC1(C)CCc2cc(CC=O)ccc21. The van der Waals surface area contributed by atoms with Crippen molar-refractivity contribution in [3.63, 3.8) is 0 Å². The van der Waals surface area contributed by atoms with Crippen molar-refractivity contribution >= 4 is 6.29 Å². The van der Waals surface area contributed by atoms with E-state index in [0.29, 0.717) is 11.8 Å². The first kappa shape index (κ1) is 9.45. The van der Waals surface area contributed by atoms with E-state index in [4.69, 9.17) is 0 Å². The van der Waals surface area contributed by atoms with Crippen molar-refractivity contribution in [1.29, 1.82) is 0 Å². The molecule has 1 aliphatic carbocycles. The third-order valence-corrected chi connectivity index (χ3v) is 3.24. The van der Waals surface area contributed by atoms with Crippen molar-refractivity contribution in [1.82, 2.24) is 0 Å². The summed E-state index contributed by atoms with van der Waals surface area (Å²) in [6.45, 7) is 4.58. The zero-order chi connectivity index (χ0) is 10.2. The highest BCUT2D eigenvalue weighted by Crippen LogP contribution is 2.38. The quantitative estimate of drug-likeness (QED) is 0.652. The van der Waals surface area contributed by atoms with Crippen molar-refractivity contribution in [3.05, 3.63) is 34.9 Å². The first-order chi connectivity index (χ1) is 6.63. The molecular weight excluding hydrogens is 172 g/mol. The molecule has 0 unspecified atom stereocenters. The lowest BCUT2D eigenvalue weighted by Gasteiger charge is -2.18. The fraction of sp³-hybridized carbons (Fsp3) is 0.462. The number of carbonyl (C=O) groups is 1. The van der Waals surface area contributed by atoms with Crippen LogP contribution in [0.5, 0.6) is 0 Å². The van der Waals surface area contributed by atoms with Gasteiger partial charge in [0.2, 0.25) is 0 Å². The van der Waals surface area contributed by atoms with Crippen molar-refractivity contribution in [3.8, 4) is 0 Å². The molecule has 74 valence electrons. The smallest absolute Gasteiger partial charge is 0.124 e. The van der Waals surface area contributed by atoms with Crippen LogP contribution in [0.3, 0.4) is 0 Å². The van der Waals surface area contributed by atoms with Gasteiger partial charge in [-0.15, -0.1) is 0 Å². The van der Waals surface area contributed by atoms with Crippen LogP contribution in [0.15, 0.2) is 18.2 Å². The zero-order valence-electron chi connectivity index (χ0n) is 8.84. The summed E-state index contributed by atoms with van der Waals surface area (Å²) < 4.78 is 0. The lowest BCUT2D eigenvalue weighted by Crippen LogP contribution is -2.11. The molecule has 1 heteroatoms. The lowest BCUT2D eigenvalue weighted by atomic mass is 9.86. The van der Waals surface area contributed by atoms with Gasteiger partial charge in [0.25, 0.3) is 0 Å². The molecule has 0 spiro atoms. The molecule has 0 radical (unpaired) electrons. The van der Waals surface area contributed by atoms with Crippen LogP contribution in [-0.4, -0.2) is 6.29 Å². The molecule has 0 saturated heterocycles. The van der Waals surface area contributed by atoms with Gasteiger partial charge in [0, 0.05) is 6.42 Å². The minimum Gasteiger partial charge on any atom is -0.303 e. The van der Waals surface area contributed by atoms with Crippen LogP contribution < -0.4 is 0 Å². The Balaban J connectivity index is 2.39. The number of hydrogen-bond acceptors (Lipinski definition) is 1. The standard InChI is InChI=1S/C13H16O/c1-13(2)7-5-11-9-10(6-8-14)3-4-12(11)13/h3-4,8-9H,5-7H2,1-2H3. The number of rotatable bonds is 2. The van der Waals surface area contributed by atoms with Crippen molar-refractivity contribution in [2.75, 3.05) is 0 Å². The molecule has 0 amide bonds. The number of benzene rings is 1. The van der Waals surface area contributed by atoms with Crippen LogP contribution in [0.25, 0.3) is 0 Å². The number of aldehydes is 1. The Morgan fingerprint density at radius 1 is 1.43 bits per heavy atom. The highest BCUT2D eigenvalue weighted by molar-refractivity contribution is 5.56. The van der Waals surface area contributed by atoms with E-state index in [2.05, 4.69) is 32.0 Å². The Morgan fingerprint density at radius 3 is 2.93 bits per heavy atom. The molecule has 0 aromatic heterocycles. The number of aryl methyl sites for hydroxylation is 1. The Morgan fingerprint density at radius 2 is 2.21 bits per heavy atom. The predicted molar refractivity (Wildman–Crippen MR) is 57.6 cm³/mol. The molecule has 0 fully saturated rings. The van der Waals surface area contributed by atoms with E-state index in [1.807, 2.05) is 0 Å². The normalized spacial score (nSPS) is 17.9. The average molecular weight is 188 g/mol. The summed E-state index contributed by atoms with van der Waals surface area (Å²) in [5.41, 5.74) is 4.38. The van der Waals surface area contributed by atoms with E-state index in [9.17, 15) is 4.79 Å². The second-order valence-electron chi connectivity index (χ2n) is 4.75. The highest BCUT2D eigenvalue weighted by Gasteiger charge is 2.29. The Labute approximate surface area is 85.1 Å². The molecule has 1 aromatic carbocycles. The van der Waals surface area contributed by atoms with Gasteiger partial charge in [0.05, 0.1) is 0 Å². The first-order valence-electron chi connectivity index (χ1n) is 5.19. The lowest BCUT2D eigenvalue weighted by molar-refractivity contribution is -0.107. The largest absolute Gasteiger partial charge is 0.303 e. The second-order valence-corrected chi connectivity index (χ2v) is 4.75. The summed E-state index contributed by atoms with van der Waals surface area (Å²) in [4.78, 5) is 10.4. The molecule has 0 saturated carbocycles. The molecule has 0 heterocycles. The van der Waals surface area contributed by atoms with Crippen molar-refractivity contribution < 1.29 is 4.79 Å². The maximum absolute atomic E-state index is 10.4. The summed E-state index contributed by atoms with van der Waals surface area (Å²) in [6.07, 6.45) is 3.91. The minimum absolute atomic E-state index is 0.328. The maximum Gasteiger partial charge on any atom is 0.124 e. The number of fused-ring (bicyclic) bond motifs is 1. The van der Waals surface area contributed by atoms with Gasteiger partial charge in [-0.25, -0.2) is 0 Å². The molecule has 0 aliphatic heterocycles. The van der Waals surface area contributed by atoms with Gasteiger partial charge in [-0.05, 0) is 34.9 Å². The first-order valence-corrected chi connectivity index (χ1v) is 5.19. The summed E-state index contributed by atoms with van der Waals surface area (Å²) in [5, 5.41) is 0.